The highest BCUT2D eigenvalue weighted by Gasteiger charge is 2.23. The van der Waals surface area contributed by atoms with Gasteiger partial charge in [0.15, 0.2) is 6.10 Å². The minimum Gasteiger partial charge on any atom is -0.376 e. The van der Waals surface area contributed by atoms with Crippen molar-refractivity contribution in [2.24, 2.45) is 0 Å². The molecular formula is C13H22N2O4. The van der Waals surface area contributed by atoms with Crippen LogP contribution < -0.4 is 10.6 Å². The van der Waals surface area contributed by atoms with Crippen LogP contribution in [0.4, 0.5) is 0 Å². The topological polar surface area (TPSA) is 76.7 Å². The molecule has 2 aliphatic rings. The van der Waals surface area contributed by atoms with E-state index in [-0.39, 0.29) is 31.0 Å². The first kappa shape index (κ1) is 14.3. The zero-order valence-electron chi connectivity index (χ0n) is 11.2. The minimum atomic E-state index is -0.587. The van der Waals surface area contributed by atoms with Crippen LogP contribution >= 0.6 is 0 Å². The Labute approximate surface area is 113 Å². The van der Waals surface area contributed by atoms with Gasteiger partial charge >= 0.3 is 0 Å². The van der Waals surface area contributed by atoms with Crippen molar-refractivity contribution in [2.75, 3.05) is 26.4 Å². The molecule has 0 spiro atoms. The number of rotatable bonds is 4. The lowest BCUT2D eigenvalue weighted by molar-refractivity contribution is -0.148. The van der Waals surface area contributed by atoms with Crippen LogP contribution in [-0.2, 0) is 19.1 Å². The van der Waals surface area contributed by atoms with Crippen molar-refractivity contribution < 1.29 is 19.1 Å². The number of carbonyl (C=O) groups is 2. The first-order valence-corrected chi connectivity index (χ1v) is 7.02. The fourth-order valence-electron chi connectivity index (χ4n) is 2.45. The SMILES string of the molecule is O=C(CNC(=O)C1COCCO1)NC1CCCCC1. The van der Waals surface area contributed by atoms with Crippen LogP contribution in [0.25, 0.3) is 0 Å². The van der Waals surface area contributed by atoms with E-state index >= 15 is 0 Å². The summed E-state index contributed by atoms with van der Waals surface area (Å²) in [6, 6.07) is 0.271. The molecule has 108 valence electrons. The Kier molecular flexibility index (Phi) is 5.60. The summed E-state index contributed by atoms with van der Waals surface area (Å²) in [6.07, 6.45) is 5.09. The van der Waals surface area contributed by atoms with Gasteiger partial charge < -0.3 is 20.1 Å². The average molecular weight is 270 g/mol. The second kappa shape index (κ2) is 7.45. The van der Waals surface area contributed by atoms with Gasteiger partial charge in [-0.15, -0.1) is 0 Å². The maximum absolute atomic E-state index is 11.7. The normalized spacial score (nSPS) is 24.7. The maximum atomic E-state index is 11.7. The summed E-state index contributed by atoms with van der Waals surface area (Å²) >= 11 is 0. The van der Waals surface area contributed by atoms with Crippen molar-refractivity contribution in [3.05, 3.63) is 0 Å². The van der Waals surface area contributed by atoms with Crippen molar-refractivity contribution >= 4 is 11.8 Å². The monoisotopic (exact) mass is 270 g/mol. The van der Waals surface area contributed by atoms with E-state index in [4.69, 9.17) is 9.47 Å². The van der Waals surface area contributed by atoms with Crippen LogP contribution in [0.15, 0.2) is 0 Å². The Hall–Kier alpha value is -1.14. The molecule has 2 rings (SSSR count). The zero-order chi connectivity index (χ0) is 13.5. The Morgan fingerprint density at radius 3 is 2.58 bits per heavy atom. The molecule has 0 radical (unpaired) electrons. The molecule has 1 aliphatic carbocycles. The largest absolute Gasteiger partial charge is 0.376 e. The third-order valence-electron chi connectivity index (χ3n) is 3.50. The Balaban J connectivity index is 1.63. The number of carbonyl (C=O) groups excluding carboxylic acids is 2. The van der Waals surface area contributed by atoms with Gasteiger partial charge in [0.1, 0.15) is 0 Å². The van der Waals surface area contributed by atoms with Gasteiger partial charge in [0, 0.05) is 6.04 Å². The average Bonchev–Trinajstić information content (AvgIpc) is 2.47. The fourth-order valence-corrected chi connectivity index (χ4v) is 2.45. The molecule has 0 aromatic rings. The van der Waals surface area contributed by atoms with Gasteiger partial charge in [-0.05, 0) is 12.8 Å². The van der Waals surface area contributed by atoms with Crippen LogP contribution in [0, 0.1) is 0 Å². The van der Waals surface area contributed by atoms with Crippen molar-refractivity contribution in [3.8, 4) is 0 Å². The van der Waals surface area contributed by atoms with Crippen LogP contribution in [0.3, 0.4) is 0 Å². The molecule has 1 unspecified atom stereocenters. The summed E-state index contributed by atoms with van der Waals surface area (Å²) in [4.78, 5) is 23.4. The molecule has 1 saturated heterocycles. The van der Waals surface area contributed by atoms with E-state index in [0.717, 1.165) is 12.8 Å². The van der Waals surface area contributed by atoms with Crippen molar-refractivity contribution in [3.63, 3.8) is 0 Å². The number of hydrogen-bond donors (Lipinski definition) is 2. The molecule has 0 bridgehead atoms. The van der Waals surface area contributed by atoms with Crippen LogP contribution in [0.1, 0.15) is 32.1 Å². The highest BCUT2D eigenvalue weighted by molar-refractivity contribution is 5.87. The van der Waals surface area contributed by atoms with E-state index in [1.54, 1.807) is 0 Å². The lowest BCUT2D eigenvalue weighted by Gasteiger charge is -2.24. The number of amides is 2. The minimum absolute atomic E-state index is 0.00912. The summed E-state index contributed by atoms with van der Waals surface area (Å²) in [5, 5.41) is 5.54. The molecule has 6 heteroatoms. The molecule has 19 heavy (non-hydrogen) atoms. The fraction of sp³-hybridized carbons (Fsp3) is 0.846. The van der Waals surface area contributed by atoms with E-state index < -0.39 is 6.10 Å². The highest BCUT2D eigenvalue weighted by atomic mass is 16.6. The molecule has 0 aromatic heterocycles. The zero-order valence-corrected chi connectivity index (χ0v) is 11.2. The molecular weight excluding hydrogens is 248 g/mol. The summed E-state index contributed by atoms with van der Waals surface area (Å²) in [6.45, 7) is 1.21. The lowest BCUT2D eigenvalue weighted by Crippen LogP contribution is -2.47. The van der Waals surface area contributed by atoms with Gasteiger partial charge in [0.2, 0.25) is 5.91 Å². The van der Waals surface area contributed by atoms with E-state index in [1.165, 1.54) is 19.3 Å². The van der Waals surface area contributed by atoms with Crippen LogP contribution in [0.5, 0.6) is 0 Å². The predicted octanol–water partition coefficient (Wildman–Crippen LogP) is -0.0331. The molecule has 1 atom stereocenters. The summed E-state index contributed by atoms with van der Waals surface area (Å²) in [5.74, 6) is -0.407. The summed E-state index contributed by atoms with van der Waals surface area (Å²) < 4.78 is 10.4. The van der Waals surface area contributed by atoms with Gasteiger partial charge in [-0.3, -0.25) is 9.59 Å². The third-order valence-corrected chi connectivity index (χ3v) is 3.50. The summed E-state index contributed by atoms with van der Waals surface area (Å²) in [7, 11) is 0. The lowest BCUT2D eigenvalue weighted by atomic mass is 9.95. The van der Waals surface area contributed by atoms with Gasteiger partial charge in [-0.1, -0.05) is 19.3 Å². The van der Waals surface area contributed by atoms with E-state index in [1.807, 2.05) is 0 Å². The second-order valence-corrected chi connectivity index (χ2v) is 5.05. The van der Waals surface area contributed by atoms with E-state index in [9.17, 15) is 9.59 Å². The molecule has 2 fully saturated rings. The maximum Gasteiger partial charge on any atom is 0.251 e. The Bertz CT molecular complexity index is 310. The van der Waals surface area contributed by atoms with Crippen LogP contribution in [0.2, 0.25) is 0 Å². The van der Waals surface area contributed by atoms with Crippen molar-refractivity contribution in [1.29, 1.82) is 0 Å². The quantitative estimate of drug-likeness (QED) is 0.752. The smallest absolute Gasteiger partial charge is 0.251 e. The van der Waals surface area contributed by atoms with Gasteiger partial charge in [-0.2, -0.15) is 0 Å². The third kappa shape index (κ3) is 4.80. The number of hydrogen-bond acceptors (Lipinski definition) is 4. The van der Waals surface area contributed by atoms with Gasteiger partial charge in [0.25, 0.3) is 5.91 Å². The standard InChI is InChI=1S/C13H22N2O4/c16-12(15-10-4-2-1-3-5-10)8-14-13(17)11-9-18-6-7-19-11/h10-11H,1-9H2,(H,14,17)(H,15,16). The molecule has 1 saturated carbocycles. The molecule has 2 amide bonds. The van der Waals surface area contributed by atoms with E-state index in [0.29, 0.717) is 13.2 Å². The van der Waals surface area contributed by atoms with E-state index in [2.05, 4.69) is 10.6 Å². The second-order valence-electron chi connectivity index (χ2n) is 5.05. The summed E-state index contributed by atoms with van der Waals surface area (Å²) in [5.41, 5.74) is 0. The molecule has 1 heterocycles. The Morgan fingerprint density at radius 1 is 1.11 bits per heavy atom. The van der Waals surface area contributed by atoms with Gasteiger partial charge in [0.05, 0.1) is 26.4 Å². The number of ether oxygens (including phenoxy) is 2. The first-order valence-electron chi connectivity index (χ1n) is 7.02. The number of nitrogens with one attached hydrogen (secondary N) is 2. The highest BCUT2D eigenvalue weighted by Crippen LogP contribution is 2.17. The van der Waals surface area contributed by atoms with Crippen molar-refractivity contribution in [2.45, 2.75) is 44.2 Å². The first-order chi connectivity index (χ1) is 9.25. The molecule has 2 N–H and O–H groups in total. The van der Waals surface area contributed by atoms with Crippen LogP contribution in [-0.4, -0.2) is 50.3 Å². The molecule has 0 aromatic carbocycles. The predicted molar refractivity (Wildman–Crippen MR) is 68.6 cm³/mol. The Morgan fingerprint density at radius 2 is 1.89 bits per heavy atom. The van der Waals surface area contributed by atoms with Gasteiger partial charge in [-0.25, -0.2) is 0 Å². The molecule has 6 nitrogen and oxygen atoms in total. The van der Waals surface area contributed by atoms with Crippen molar-refractivity contribution in [1.82, 2.24) is 10.6 Å². The molecule has 1 aliphatic heterocycles.